The van der Waals surface area contributed by atoms with Gasteiger partial charge in [-0.3, -0.25) is 9.78 Å². The van der Waals surface area contributed by atoms with Gasteiger partial charge in [0.25, 0.3) is 5.91 Å². The Bertz CT molecular complexity index is 1020. The van der Waals surface area contributed by atoms with Crippen molar-refractivity contribution in [2.45, 2.75) is 20.4 Å². The first-order valence-corrected chi connectivity index (χ1v) is 8.87. The van der Waals surface area contributed by atoms with Crippen LogP contribution in [0.3, 0.4) is 0 Å². The van der Waals surface area contributed by atoms with Gasteiger partial charge in [0, 0.05) is 17.0 Å². The summed E-state index contributed by atoms with van der Waals surface area (Å²) in [7, 11) is 0. The second-order valence-corrected chi connectivity index (χ2v) is 6.67. The van der Waals surface area contributed by atoms with Gasteiger partial charge < -0.3 is 10.1 Å². The molecule has 0 saturated carbocycles. The monoisotopic (exact) mass is 382 g/mol. The van der Waals surface area contributed by atoms with Crippen molar-refractivity contribution in [1.29, 1.82) is 0 Å². The van der Waals surface area contributed by atoms with Crippen molar-refractivity contribution < 1.29 is 14.3 Å². The van der Waals surface area contributed by atoms with Gasteiger partial charge >= 0.3 is 5.97 Å². The van der Waals surface area contributed by atoms with Gasteiger partial charge in [-0.1, -0.05) is 35.9 Å². The van der Waals surface area contributed by atoms with E-state index in [9.17, 15) is 9.59 Å². The van der Waals surface area contributed by atoms with E-state index in [1.165, 1.54) is 0 Å². The highest BCUT2D eigenvalue weighted by molar-refractivity contribution is 6.31. The van der Waals surface area contributed by atoms with Crippen molar-refractivity contribution in [3.05, 3.63) is 75.9 Å². The third kappa shape index (κ3) is 4.63. The van der Waals surface area contributed by atoms with Crippen molar-refractivity contribution in [2.24, 2.45) is 0 Å². The summed E-state index contributed by atoms with van der Waals surface area (Å²) in [4.78, 5) is 28.7. The Kier molecular flexibility index (Phi) is 5.72. The Hall–Kier alpha value is -2.92. The highest BCUT2D eigenvalue weighted by atomic mass is 35.5. The number of aryl methyl sites for hydroxylation is 2. The van der Waals surface area contributed by atoms with Gasteiger partial charge in [-0.15, -0.1) is 0 Å². The van der Waals surface area contributed by atoms with Crippen LogP contribution in [0.4, 0.5) is 0 Å². The summed E-state index contributed by atoms with van der Waals surface area (Å²) in [5.74, 6) is -0.950. The van der Waals surface area contributed by atoms with Gasteiger partial charge in [0.15, 0.2) is 6.61 Å². The molecule has 0 bridgehead atoms. The minimum atomic E-state index is -0.590. The maximum Gasteiger partial charge on any atom is 0.340 e. The number of esters is 1. The molecule has 27 heavy (non-hydrogen) atoms. The molecule has 2 aromatic carbocycles. The summed E-state index contributed by atoms with van der Waals surface area (Å²) >= 11 is 5.99. The first kappa shape index (κ1) is 18.9. The summed E-state index contributed by atoms with van der Waals surface area (Å²) in [5.41, 5.74) is 3.70. The average molecular weight is 383 g/mol. The van der Waals surface area contributed by atoms with E-state index in [1.54, 1.807) is 31.2 Å². The van der Waals surface area contributed by atoms with Crippen LogP contribution in [0.5, 0.6) is 0 Å². The topological polar surface area (TPSA) is 68.3 Å². The van der Waals surface area contributed by atoms with E-state index >= 15 is 0 Å². The molecule has 6 heteroatoms. The van der Waals surface area contributed by atoms with Crippen LogP contribution >= 0.6 is 11.6 Å². The molecule has 3 rings (SSSR count). The van der Waals surface area contributed by atoms with Crippen molar-refractivity contribution in [2.75, 3.05) is 6.61 Å². The lowest BCUT2D eigenvalue weighted by Gasteiger charge is -2.10. The number of rotatable bonds is 5. The number of halogens is 1. The van der Waals surface area contributed by atoms with Crippen molar-refractivity contribution in [3.8, 4) is 0 Å². The van der Waals surface area contributed by atoms with E-state index in [2.05, 4.69) is 10.3 Å². The fraction of sp³-hybridized carbons (Fsp3) is 0.190. The Labute approximate surface area is 162 Å². The zero-order valence-electron chi connectivity index (χ0n) is 15.1. The van der Waals surface area contributed by atoms with Crippen LogP contribution in [-0.4, -0.2) is 23.5 Å². The maximum absolute atomic E-state index is 12.4. The molecule has 1 aromatic heterocycles. The van der Waals surface area contributed by atoms with Gasteiger partial charge in [0.1, 0.15) is 0 Å². The molecule has 0 saturated heterocycles. The third-order valence-electron chi connectivity index (χ3n) is 4.26. The smallest absolute Gasteiger partial charge is 0.340 e. The third-order valence-corrected chi connectivity index (χ3v) is 4.49. The van der Waals surface area contributed by atoms with Gasteiger partial charge in [-0.25, -0.2) is 4.79 Å². The number of nitrogens with zero attached hydrogens (tertiary/aromatic N) is 1. The number of hydrogen-bond donors (Lipinski definition) is 1. The predicted octanol–water partition coefficient (Wildman–Crippen LogP) is 3.98. The largest absolute Gasteiger partial charge is 0.452 e. The predicted molar refractivity (Wildman–Crippen MR) is 105 cm³/mol. The Morgan fingerprint density at radius 2 is 1.89 bits per heavy atom. The maximum atomic E-state index is 12.4. The van der Waals surface area contributed by atoms with E-state index in [-0.39, 0.29) is 12.5 Å². The SMILES string of the molecule is Cc1ccccc1CNC(=O)COC(=O)c1cc2cc(Cl)ccc2nc1C. The minimum absolute atomic E-state index is 0.316. The lowest BCUT2D eigenvalue weighted by atomic mass is 10.1. The van der Waals surface area contributed by atoms with E-state index in [0.29, 0.717) is 22.8 Å². The van der Waals surface area contributed by atoms with Crippen LogP contribution in [-0.2, 0) is 16.1 Å². The van der Waals surface area contributed by atoms with Crippen LogP contribution in [0.1, 0.15) is 27.2 Å². The first-order valence-electron chi connectivity index (χ1n) is 8.49. The van der Waals surface area contributed by atoms with Gasteiger partial charge in [-0.2, -0.15) is 0 Å². The standard InChI is InChI=1S/C21H19ClN2O3/c1-13-5-3-4-6-15(13)11-23-20(25)12-27-21(26)18-10-16-9-17(22)7-8-19(16)24-14(18)2/h3-10H,11-12H2,1-2H3,(H,23,25). The Morgan fingerprint density at radius 3 is 2.67 bits per heavy atom. The van der Waals surface area contributed by atoms with Crippen LogP contribution in [0, 0.1) is 13.8 Å². The quantitative estimate of drug-likeness (QED) is 0.678. The average Bonchev–Trinajstić information content (AvgIpc) is 2.65. The van der Waals surface area contributed by atoms with E-state index in [0.717, 1.165) is 22.0 Å². The first-order chi connectivity index (χ1) is 12.9. The molecule has 0 aliphatic rings. The molecule has 0 atom stereocenters. The van der Waals surface area contributed by atoms with Crippen LogP contribution in [0.2, 0.25) is 5.02 Å². The summed E-state index contributed by atoms with van der Waals surface area (Å²) < 4.78 is 5.14. The minimum Gasteiger partial charge on any atom is -0.452 e. The molecule has 0 fully saturated rings. The molecule has 0 spiro atoms. The zero-order valence-corrected chi connectivity index (χ0v) is 15.8. The number of benzene rings is 2. The molecule has 1 amide bonds. The van der Waals surface area contributed by atoms with Crippen LogP contribution in [0.25, 0.3) is 10.9 Å². The summed E-state index contributed by atoms with van der Waals surface area (Å²) in [6.07, 6.45) is 0. The van der Waals surface area contributed by atoms with E-state index < -0.39 is 5.97 Å². The number of amides is 1. The lowest BCUT2D eigenvalue weighted by molar-refractivity contribution is -0.124. The molecule has 0 unspecified atom stereocenters. The molecule has 0 aliphatic carbocycles. The van der Waals surface area contributed by atoms with Gasteiger partial charge in [0.05, 0.1) is 16.8 Å². The molecule has 138 valence electrons. The number of carbonyl (C=O) groups is 2. The fourth-order valence-corrected chi connectivity index (χ4v) is 2.89. The zero-order chi connectivity index (χ0) is 19.4. The second kappa shape index (κ2) is 8.18. The van der Waals surface area contributed by atoms with Crippen molar-refractivity contribution in [3.63, 3.8) is 0 Å². The fourth-order valence-electron chi connectivity index (χ4n) is 2.71. The molecule has 5 nitrogen and oxygen atoms in total. The normalized spacial score (nSPS) is 10.6. The number of pyridine rings is 1. The molecule has 0 aliphatic heterocycles. The molecule has 1 N–H and O–H groups in total. The number of fused-ring (bicyclic) bond motifs is 1. The Balaban J connectivity index is 1.62. The number of ether oxygens (including phenoxy) is 1. The molecule has 1 heterocycles. The van der Waals surface area contributed by atoms with Crippen molar-refractivity contribution >= 4 is 34.4 Å². The van der Waals surface area contributed by atoms with Crippen LogP contribution < -0.4 is 5.32 Å². The summed E-state index contributed by atoms with van der Waals surface area (Å²) in [6, 6.07) is 14.7. The van der Waals surface area contributed by atoms with Crippen molar-refractivity contribution in [1.82, 2.24) is 10.3 Å². The number of hydrogen-bond acceptors (Lipinski definition) is 4. The van der Waals surface area contributed by atoms with E-state index in [1.807, 2.05) is 31.2 Å². The van der Waals surface area contributed by atoms with Gasteiger partial charge in [-0.05, 0) is 49.2 Å². The number of aromatic nitrogens is 1. The van der Waals surface area contributed by atoms with E-state index in [4.69, 9.17) is 16.3 Å². The molecule has 3 aromatic rings. The molecular formula is C21H19ClN2O3. The summed E-state index contributed by atoms with van der Waals surface area (Å²) in [6.45, 7) is 3.74. The number of nitrogens with one attached hydrogen (secondary N) is 1. The highest BCUT2D eigenvalue weighted by Crippen LogP contribution is 2.21. The van der Waals surface area contributed by atoms with Crippen LogP contribution in [0.15, 0.2) is 48.5 Å². The van der Waals surface area contributed by atoms with Gasteiger partial charge in [0.2, 0.25) is 0 Å². The molecular weight excluding hydrogens is 364 g/mol. The summed E-state index contributed by atoms with van der Waals surface area (Å²) in [5, 5.41) is 4.05. The Morgan fingerprint density at radius 1 is 1.11 bits per heavy atom. The molecule has 0 radical (unpaired) electrons. The lowest BCUT2D eigenvalue weighted by Crippen LogP contribution is -2.28. The number of carbonyl (C=O) groups excluding carboxylic acids is 2. The second-order valence-electron chi connectivity index (χ2n) is 6.24. The highest BCUT2D eigenvalue weighted by Gasteiger charge is 2.15.